The van der Waals surface area contributed by atoms with E-state index in [1.165, 1.54) is 5.56 Å². The lowest BCUT2D eigenvalue weighted by molar-refractivity contribution is 0.00500. The van der Waals surface area contributed by atoms with Gasteiger partial charge in [0.2, 0.25) is 5.92 Å². The summed E-state index contributed by atoms with van der Waals surface area (Å²) in [6.45, 7) is 2.76. The zero-order valence-corrected chi connectivity index (χ0v) is 10.1. The standard InChI is InChI=1S/C14H19F2N/c1-11(13-5-3-2-4-6-13)17-10-12-7-8-14(15,16)9-12/h2-6,11-12,17H,7-10H2,1H3. The van der Waals surface area contributed by atoms with Crippen molar-refractivity contribution in [1.29, 1.82) is 0 Å². The van der Waals surface area contributed by atoms with Gasteiger partial charge >= 0.3 is 0 Å². The highest BCUT2D eigenvalue weighted by molar-refractivity contribution is 5.18. The molecule has 0 radical (unpaired) electrons. The third-order valence-electron chi connectivity index (χ3n) is 3.52. The minimum absolute atomic E-state index is 0.0432. The van der Waals surface area contributed by atoms with Crippen LogP contribution >= 0.6 is 0 Å². The molecule has 1 N–H and O–H groups in total. The fourth-order valence-corrected chi connectivity index (χ4v) is 2.42. The molecule has 0 saturated heterocycles. The number of rotatable bonds is 4. The molecule has 1 fully saturated rings. The van der Waals surface area contributed by atoms with Crippen molar-refractivity contribution in [3.05, 3.63) is 35.9 Å². The van der Waals surface area contributed by atoms with E-state index in [-0.39, 0.29) is 24.8 Å². The normalized spacial score (nSPS) is 24.8. The molecule has 0 heterocycles. The number of halogens is 2. The summed E-state index contributed by atoms with van der Waals surface area (Å²) in [5, 5.41) is 3.35. The van der Waals surface area contributed by atoms with Crippen molar-refractivity contribution in [2.45, 2.75) is 38.2 Å². The molecule has 2 unspecified atom stereocenters. The minimum atomic E-state index is -2.43. The highest BCUT2D eigenvalue weighted by atomic mass is 19.3. The molecule has 1 saturated carbocycles. The number of nitrogens with one attached hydrogen (secondary N) is 1. The number of alkyl halides is 2. The Hall–Kier alpha value is -0.960. The van der Waals surface area contributed by atoms with Gasteiger partial charge < -0.3 is 5.32 Å². The van der Waals surface area contributed by atoms with Crippen molar-refractivity contribution in [3.63, 3.8) is 0 Å². The summed E-state index contributed by atoms with van der Waals surface area (Å²) in [5.74, 6) is -2.31. The number of benzene rings is 1. The highest BCUT2D eigenvalue weighted by Gasteiger charge is 2.39. The first kappa shape index (κ1) is 12.5. The SMILES string of the molecule is CC(NCC1CCC(F)(F)C1)c1ccccc1. The van der Waals surface area contributed by atoms with Crippen LogP contribution in [0.5, 0.6) is 0 Å². The molecule has 0 spiro atoms. The van der Waals surface area contributed by atoms with Crippen LogP contribution in [0.15, 0.2) is 30.3 Å². The lowest BCUT2D eigenvalue weighted by atomic mass is 10.1. The van der Waals surface area contributed by atoms with Gasteiger partial charge in [-0.15, -0.1) is 0 Å². The van der Waals surface area contributed by atoms with Crippen LogP contribution in [0.25, 0.3) is 0 Å². The van der Waals surface area contributed by atoms with Crippen LogP contribution in [0.1, 0.15) is 37.8 Å². The van der Waals surface area contributed by atoms with E-state index >= 15 is 0 Å². The molecule has 3 heteroatoms. The largest absolute Gasteiger partial charge is 0.310 e. The first-order valence-corrected chi connectivity index (χ1v) is 6.23. The van der Waals surface area contributed by atoms with Gasteiger partial charge in [-0.3, -0.25) is 0 Å². The Morgan fingerprint density at radius 1 is 1.35 bits per heavy atom. The van der Waals surface area contributed by atoms with E-state index in [0.717, 1.165) is 0 Å². The number of hydrogen-bond donors (Lipinski definition) is 1. The first-order chi connectivity index (χ1) is 8.07. The first-order valence-electron chi connectivity index (χ1n) is 6.23. The number of hydrogen-bond acceptors (Lipinski definition) is 1. The smallest absolute Gasteiger partial charge is 0.248 e. The van der Waals surface area contributed by atoms with Gasteiger partial charge in [0, 0.05) is 18.9 Å². The Kier molecular flexibility index (Phi) is 3.77. The second-order valence-corrected chi connectivity index (χ2v) is 5.01. The topological polar surface area (TPSA) is 12.0 Å². The van der Waals surface area contributed by atoms with Crippen LogP contribution in [0, 0.1) is 5.92 Å². The molecule has 1 aromatic rings. The average Bonchev–Trinajstić information content (AvgIpc) is 2.67. The van der Waals surface area contributed by atoms with Crippen molar-refractivity contribution in [1.82, 2.24) is 5.32 Å². The zero-order chi connectivity index (χ0) is 12.3. The fraction of sp³-hybridized carbons (Fsp3) is 0.571. The van der Waals surface area contributed by atoms with Crippen LogP contribution in [0.3, 0.4) is 0 Å². The quantitative estimate of drug-likeness (QED) is 0.843. The maximum absolute atomic E-state index is 13.0. The predicted molar refractivity (Wildman–Crippen MR) is 65.1 cm³/mol. The summed E-state index contributed by atoms with van der Waals surface area (Å²) in [4.78, 5) is 0. The third kappa shape index (κ3) is 3.50. The molecule has 1 aliphatic carbocycles. The van der Waals surface area contributed by atoms with E-state index in [1.807, 2.05) is 18.2 Å². The lowest BCUT2D eigenvalue weighted by Crippen LogP contribution is -2.25. The van der Waals surface area contributed by atoms with E-state index in [1.54, 1.807) is 0 Å². The maximum Gasteiger partial charge on any atom is 0.248 e. The molecule has 0 aliphatic heterocycles. The molecular weight excluding hydrogens is 220 g/mol. The summed E-state index contributed by atoms with van der Waals surface area (Å²) in [6, 6.07) is 10.3. The van der Waals surface area contributed by atoms with Gasteiger partial charge in [-0.2, -0.15) is 0 Å². The van der Waals surface area contributed by atoms with Crippen molar-refractivity contribution in [2.24, 2.45) is 5.92 Å². The van der Waals surface area contributed by atoms with Gasteiger partial charge in [0.25, 0.3) is 0 Å². The second kappa shape index (κ2) is 5.13. The van der Waals surface area contributed by atoms with Crippen LogP contribution in [-0.4, -0.2) is 12.5 Å². The van der Waals surface area contributed by atoms with E-state index in [0.29, 0.717) is 13.0 Å². The molecule has 1 aromatic carbocycles. The predicted octanol–water partition coefficient (Wildman–Crippen LogP) is 3.77. The monoisotopic (exact) mass is 239 g/mol. The Bertz CT molecular complexity index is 350. The lowest BCUT2D eigenvalue weighted by Gasteiger charge is -2.17. The third-order valence-corrected chi connectivity index (χ3v) is 3.52. The Morgan fingerprint density at radius 2 is 2.06 bits per heavy atom. The van der Waals surface area contributed by atoms with Crippen molar-refractivity contribution in [3.8, 4) is 0 Å². The fourth-order valence-electron chi connectivity index (χ4n) is 2.42. The zero-order valence-electron chi connectivity index (χ0n) is 10.1. The van der Waals surface area contributed by atoms with E-state index < -0.39 is 5.92 Å². The highest BCUT2D eigenvalue weighted by Crippen LogP contribution is 2.38. The molecule has 2 atom stereocenters. The molecule has 2 rings (SSSR count). The Labute approximate surface area is 101 Å². The Morgan fingerprint density at radius 3 is 2.65 bits per heavy atom. The van der Waals surface area contributed by atoms with Gasteiger partial charge in [-0.05, 0) is 31.4 Å². The molecule has 0 aromatic heterocycles. The van der Waals surface area contributed by atoms with Gasteiger partial charge in [-0.25, -0.2) is 8.78 Å². The van der Waals surface area contributed by atoms with E-state index in [2.05, 4.69) is 24.4 Å². The molecule has 94 valence electrons. The maximum atomic E-state index is 13.0. The van der Waals surface area contributed by atoms with Crippen LogP contribution in [-0.2, 0) is 0 Å². The molecule has 1 nitrogen and oxygen atoms in total. The van der Waals surface area contributed by atoms with E-state index in [9.17, 15) is 8.78 Å². The van der Waals surface area contributed by atoms with Crippen LogP contribution in [0.4, 0.5) is 8.78 Å². The van der Waals surface area contributed by atoms with Crippen LogP contribution < -0.4 is 5.32 Å². The molecule has 17 heavy (non-hydrogen) atoms. The molecule has 1 aliphatic rings. The molecular formula is C14H19F2N. The summed E-state index contributed by atoms with van der Waals surface area (Å²) in [6.07, 6.45) is 0.738. The summed E-state index contributed by atoms with van der Waals surface area (Å²) >= 11 is 0. The van der Waals surface area contributed by atoms with Gasteiger partial charge in [0.15, 0.2) is 0 Å². The molecule has 0 amide bonds. The van der Waals surface area contributed by atoms with Gasteiger partial charge in [-0.1, -0.05) is 30.3 Å². The van der Waals surface area contributed by atoms with Crippen LogP contribution in [0.2, 0.25) is 0 Å². The molecule has 0 bridgehead atoms. The summed E-state index contributed by atoms with van der Waals surface area (Å²) in [5.41, 5.74) is 1.21. The Balaban J connectivity index is 1.79. The summed E-state index contributed by atoms with van der Waals surface area (Å²) < 4.78 is 26.0. The average molecular weight is 239 g/mol. The summed E-state index contributed by atoms with van der Waals surface area (Å²) in [7, 11) is 0. The van der Waals surface area contributed by atoms with Gasteiger partial charge in [0.05, 0.1) is 0 Å². The van der Waals surface area contributed by atoms with Crippen molar-refractivity contribution >= 4 is 0 Å². The van der Waals surface area contributed by atoms with E-state index in [4.69, 9.17) is 0 Å². The minimum Gasteiger partial charge on any atom is -0.310 e. The van der Waals surface area contributed by atoms with Crippen molar-refractivity contribution in [2.75, 3.05) is 6.54 Å². The van der Waals surface area contributed by atoms with Crippen molar-refractivity contribution < 1.29 is 8.78 Å². The van der Waals surface area contributed by atoms with Gasteiger partial charge in [0.1, 0.15) is 0 Å². The second-order valence-electron chi connectivity index (χ2n) is 5.01.